The van der Waals surface area contributed by atoms with E-state index < -0.39 is 11.7 Å². The number of carbonyl (C=O) groups excluding carboxylic acids is 1. The highest BCUT2D eigenvalue weighted by molar-refractivity contribution is 5.67. The number of hydrogen-bond donors (Lipinski definition) is 3. The van der Waals surface area contributed by atoms with E-state index in [1.807, 2.05) is 57.3 Å². The van der Waals surface area contributed by atoms with Crippen molar-refractivity contribution < 1.29 is 9.53 Å². The predicted octanol–water partition coefficient (Wildman–Crippen LogP) is 2.69. The molecule has 2 aromatic rings. The van der Waals surface area contributed by atoms with Crippen LogP contribution in [0, 0.1) is 0 Å². The first-order chi connectivity index (χ1) is 11.0. The summed E-state index contributed by atoms with van der Waals surface area (Å²) < 4.78 is 5.17. The third-order valence-corrected chi connectivity index (χ3v) is 3.07. The molecule has 0 spiro atoms. The van der Waals surface area contributed by atoms with E-state index in [1.54, 1.807) is 0 Å². The van der Waals surface area contributed by atoms with E-state index in [2.05, 4.69) is 20.8 Å². The molecule has 1 heterocycles. The molecular formula is C17H24N4O2. The number of rotatable bonds is 6. The molecule has 6 nitrogen and oxygen atoms in total. The second kappa shape index (κ2) is 7.78. The topological polar surface area (TPSA) is 79.0 Å². The van der Waals surface area contributed by atoms with Gasteiger partial charge in [-0.15, -0.1) is 0 Å². The van der Waals surface area contributed by atoms with Crippen LogP contribution in [0.4, 0.5) is 4.79 Å². The molecule has 0 bridgehead atoms. The zero-order chi connectivity index (χ0) is 16.7. The second-order valence-electron chi connectivity index (χ2n) is 6.24. The van der Waals surface area contributed by atoms with Crippen molar-refractivity contribution in [3.63, 3.8) is 0 Å². The van der Waals surface area contributed by atoms with Crippen molar-refractivity contribution in [2.45, 2.75) is 32.9 Å². The summed E-state index contributed by atoms with van der Waals surface area (Å²) in [5.41, 5.74) is 2.74. The molecular weight excluding hydrogens is 292 g/mol. The average molecular weight is 316 g/mol. The van der Waals surface area contributed by atoms with Crippen LogP contribution in [-0.4, -0.2) is 35.0 Å². The summed E-state index contributed by atoms with van der Waals surface area (Å²) in [6, 6.07) is 10.1. The van der Waals surface area contributed by atoms with Gasteiger partial charge in [0.05, 0.1) is 11.9 Å². The van der Waals surface area contributed by atoms with Gasteiger partial charge in [0.25, 0.3) is 0 Å². The zero-order valence-corrected chi connectivity index (χ0v) is 13.8. The van der Waals surface area contributed by atoms with E-state index in [0.29, 0.717) is 19.6 Å². The van der Waals surface area contributed by atoms with Crippen LogP contribution in [0.3, 0.4) is 0 Å². The molecule has 0 radical (unpaired) electrons. The second-order valence-corrected chi connectivity index (χ2v) is 6.24. The van der Waals surface area contributed by atoms with Crippen molar-refractivity contribution in [1.82, 2.24) is 20.8 Å². The Morgan fingerprint density at radius 2 is 1.96 bits per heavy atom. The highest BCUT2D eigenvalue weighted by atomic mass is 16.6. The molecule has 0 saturated carbocycles. The normalized spacial score (nSPS) is 11.3. The van der Waals surface area contributed by atoms with Gasteiger partial charge in [0, 0.05) is 25.2 Å². The first kappa shape index (κ1) is 17.0. The van der Waals surface area contributed by atoms with Gasteiger partial charge in [0.2, 0.25) is 0 Å². The number of H-pyrrole nitrogens is 1. The first-order valence-corrected chi connectivity index (χ1v) is 7.71. The number of ether oxygens (including phenoxy) is 1. The fourth-order valence-electron chi connectivity index (χ4n) is 2.09. The van der Waals surface area contributed by atoms with Crippen molar-refractivity contribution in [3.05, 3.63) is 42.1 Å². The quantitative estimate of drug-likeness (QED) is 0.716. The van der Waals surface area contributed by atoms with Crippen molar-refractivity contribution in [3.8, 4) is 11.3 Å². The molecule has 3 N–H and O–H groups in total. The van der Waals surface area contributed by atoms with Crippen LogP contribution >= 0.6 is 0 Å². The molecule has 0 fully saturated rings. The molecule has 2 rings (SSSR count). The lowest BCUT2D eigenvalue weighted by molar-refractivity contribution is 0.0528. The van der Waals surface area contributed by atoms with Gasteiger partial charge in [-0.2, -0.15) is 5.10 Å². The smallest absolute Gasteiger partial charge is 0.407 e. The van der Waals surface area contributed by atoms with Gasteiger partial charge >= 0.3 is 6.09 Å². The molecule has 23 heavy (non-hydrogen) atoms. The number of hydrogen-bond acceptors (Lipinski definition) is 4. The third kappa shape index (κ3) is 5.75. The van der Waals surface area contributed by atoms with Crippen LogP contribution in [-0.2, 0) is 11.3 Å². The Balaban J connectivity index is 1.74. The summed E-state index contributed by atoms with van der Waals surface area (Å²) in [6.07, 6.45) is 1.42. The minimum atomic E-state index is -0.473. The fourth-order valence-corrected chi connectivity index (χ4v) is 2.09. The molecule has 0 saturated heterocycles. The Bertz CT molecular complexity index is 617. The molecule has 6 heteroatoms. The Morgan fingerprint density at radius 3 is 2.65 bits per heavy atom. The van der Waals surface area contributed by atoms with Crippen LogP contribution in [0.2, 0.25) is 0 Å². The number of nitrogens with zero attached hydrogens (tertiary/aromatic N) is 1. The molecule has 1 amide bonds. The minimum Gasteiger partial charge on any atom is -0.444 e. The molecule has 0 aliphatic carbocycles. The summed E-state index contributed by atoms with van der Waals surface area (Å²) in [7, 11) is 0. The van der Waals surface area contributed by atoms with Gasteiger partial charge in [-0.1, -0.05) is 30.3 Å². The molecule has 0 aliphatic heterocycles. The maximum atomic E-state index is 11.5. The fraction of sp³-hybridized carbons (Fsp3) is 0.412. The van der Waals surface area contributed by atoms with Crippen molar-refractivity contribution in [2.75, 3.05) is 13.1 Å². The largest absolute Gasteiger partial charge is 0.444 e. The molecule has 1 aromatic heterocycles. The number of alkyl carbamates (subject to hydrolysis) is 1. The lowest BCUT2D eigenvalue weighted by atomic mass is 10.1. The Kier molecular flexibility index (Phi) is 5.76. The van der Waals surface area contributed by atoms with E-state index in [1.165, 1.54) is 0 Å². The highest BCUT2D eigenvalue weighted by Gasteiger charge is 2.15. The molecule has 124 valence electrons. The van der Waals surface area contributed by atoms with Gasteiger partial charge in [0.1, 0.15) is 5.60 Å². The zero-order valence-electron chi connectivity index (χ0n) is 13.8. The molecule has 0 aliphatic rings. The average Bonchev–Trinajstić information content (AvgIpc) is 2.94. The SMILES string of the molecule is CC(C)(C)OC(=O)NCCNCc1cn[nH]c1-c1ccccc1. The van der Waals surface area contributed by atoms with Crippen LogP contribution in [0.5, 0.6) is 0 Å². The lowest BCUT2D eigenvalue weighted by Crippen LogP contribution is -2.36. The van der Waals surface area contributed by atoms with E-state index in [0.717, 1.165) is 16.8 Å². The summed E-state index contributed by atoms with van der Waals surface area (Å²) in [5.74, 6) is 0. The number of carbonyl (C=O) groups is 1. The monoisotopic (exact) mass is 316 g/mol. The standard InChI is InChI=1S/C17H24N4O2/c1-17(2,3)23-16(22)19-10-9-18-11-14-12-20-21-15(14)13-7-5-4-6-8-13/h4-8,12,18H,9-11H2,1-3H3,(H,19,22)(H,20,21). The maximum Gasteiger partial charge on any atom is 0.407 e. The van der Waals surface area contributed by atoms with Crippen LogP contribution < -0.4 is 10.6 Å². The molecule has 0 atom stereocenters. The number of aromatic amines is 1. The summed E-state index contributed by atoms with van der Waals surface area (Å²) >= 11 is 0. The van der Waals surface area contributed by atoms with Crippen LogP contribution in [0.15, 0.2) is 36.5 Å². The first-order valence-electron chi connectivity index (χ1n) is 7.71. The van der Waals surface area contributed by atoms with E-state index >= 15 is 0 Å². The van der Waals surface area contributed by atoms with E-state index in [-0.39, 0.29) is 0 Å². The third-order valence-electron chi connectivity index (χ3n) is 3.07. The Labute approximate surface area is 136 Å². The van der Waals surface area contributed by atoms with Gasteiger partial charge in [0.15, 0.2) is 0 Å². The maximum absolute atomic E-state index is 11.5. The number of amides is 1. The molecule has 0 unspecified atom stereocenters. The van der Waals surface area contributed by atoms with Crippen molar-refractivity contribution >= 4 is 6.09 Å². The van der Waals surface area contributed by atoms with Crippen molar-refractivity contribution in [1.29, 1.82) is 0 Å². The Morgan fingerprint density at radius 1 is 1.22 bits per heavy atom. The number of benzene rings is 1. The number of aromatic nitrogens is 2. The van der Waals surface area contributed by atoms with Crippen LogP contribution in [0.1, 0.15) is 26.3 Å². The molecule has 1 aromatic carbocycles. The summed E-state index contributed by atoms with van der Waals surface area (Å²) in [6.45, 7) is 7.36. The van der Waals surface area contributed by atoms with Crippen molar-refractivity contribution in [2.24, 2.45) is 0 Å². The lowest BCUT2D eigenvalue weighted by Gasteiger charge is -2.19. The van der Waals surface area contributed by atoms with E-state index in [4.69, 9.17) is 4.74 Å². The predicted molar refractivity (Wildman–Crippen MR) is 90.0 cm³/mol. The van der Waals surface area contributed by atoms with Gasteiger partial charge in [-0.25, -0.2) is 4.79 Å². The highest BCUT2D eigenvalue weighted by Crippen LogP contribution is 2.20. The van der Waals surface area contributed by atoms with Gasteiger partial charge in [-0.05, 0) is 26.3 Å². The minimum absolute atomic E-state index is 0.396. The summed E-state index contributed by atoms with van der Waals surface area (Å²) in [4.78, 5) is 11.5. The van der Waals surface area contributed by atoms with Crippen LogP contribution in [0.25, 0.3) is 11.3 Å². The Hall–Kier alpha value is -2.34. The van der Waals surface area contributed by atoms with E-state index in [9.17, 15) is 4.79 Å². The van der Waals surface area contributed by atoms with Gasteiger partial charge < -0.3 is 15.4 Å². The summed E-state index contributed by atoms with van der Waals surface area (Å²) in [5, 5.41) is 13.1. The van der Waals surface area contributed by atoms with Gasteiger partial charge in [-0.3, -0.25) is 5.10 Å². The number of nitrogens with one attached hydrogen (secondary N) is 3.